The van der Waals surface area contributed by atoms with Gasteiger partial charge in [-0.2, -0.15) is 35.8 Å². The summed E-state index contributed by atoms with van der Waals surface area (Å²) >= 11 is 5.98. The lowest BCUT2D eigenvalue weighted by Gasteiger charge is -2.23. The molecule has 0 aliphatic heterocycles. The maximum Gasteiger partial charge on any atom is 0.459 e. The maximum absolute atomic E-state index is 13.8. The first-order chi connectivity index (χ1) is 16.3. The van der Waals surface area contributed by atoms with Crippen LogP contribution in [0, 0.1) is 0 Å². The second-order valence-corrected chi connectivity index (χ2v) is 7.58. The summed E-state index contributed by atoms with van der Waals surface area (Å²) in [5, 5.41) is 6.37. The van der Waals surface area contributed by atoms with Crippen molar-refractivity contribution in [3.05, 3.63) is 46.8 Å². The number of halogens is 8. The summed E-state index contributed by atoms with van der Waals surface area (Å²) in [6.07, 6.45) is -1.20. The zero-order valence-corrected chi connectivity index (χ0v) is 18.3. The van der Waals surface area contributed by atoms with Gasteiger partial charge >= 0.3 is 18.7 Å². The van der Waals surface area contributed by atoms with Crippen molar-refractivity contribution in [2.45, 2.75) is 37.6 Å². The van der Waals surface area contributed by atoms with E-state index < -0.39 is 41.9 Å². The van der Waals surface area contributed by atoms with Crippen molar-refractivity contribution >= 4 is 23.3 Å². The number of amides is 1. The predicted molar refractivity (Wildman–Crippen MR) is 109 cm³/mol. The Hall–Kier alpha value is -3.36. The van der Waals surface area contributed by atoms with Crippen LogP contribution in [0.5, 0.6) is 0 Å². The van der Waals surface area contributed by atoms with E-state index >= 15 is 0 Å². The highest BCUT2D eigenvalue weighted by atomic mass is 35.5. The molecule has 35 heavy (non-hydrogen) atoms. The van der Waals surface area contributed by atoms with Gasteiger partial charge in [-0.3, -0.25) is 9.79 Å². The van der Waals surface area contributed by atoms with Gasteiger partial charge in [0, 0.05) is 36.6 Å². The quantitative estimate of drug-likeness (QED) is 0.186. The monoisotopic (exact) mass is 528 g/mol. The van der Waals surface area contributed by atoms with Gasteiger partial charge in [0.05, 0.1) is 11.8 Å². The summed E-state index contributed by atoms with van der Waals surface area (Å²) in [5.74, 6) is -8.90. The molecule has 0 unspecified atom stereocenters. The number of nitrogens with two attached hydrogens (primary N) is 1. The molecule has 2 aromatic rings. The van der Waals surface area contributed by atoms with Crippen molar-refractivity contribution < 1.29 is 40.3 Å². The first kappa shape index (κ1) is 26.2. The summed E-state index contributed by atoms with van der Waals surface area (Å²) in [4.78, 5) is 19.7. The molecule has 1 aliphatic rings. The number of nitrogens with one attached hydrogen (secondary N) is 1. The van der Waals surface area contributed by atoms with Crippen LogP contribution < -0.4 is 11.1 Å². The topological polar surface area (TPSA) is 107 Å². The van der Waals surface area contributed by atoms with Gasteiger partial charge in [-0.15, -0.1) is 0 Å². The Labute approximate surface area is 197 Å². The lowest BCUT2D eigenvalue weighted by atomic mass is 10.1. The van der Waals surface area contributed by atoms with Crippen molar-refractivity contribution in [3.63, 3.8) is 0 Å². The molecule has 1 aliphatic carbocycles. The van der Waals surface area contributed by atoms with Crippen molar-refractivity contribution in [3.8, 4) is 11.1 Å². The Kier molecular flexibility index (Phi) is 7.29. The number of carbonyl (C=O) groups excluding carboxylic acids is 1. The van der Waals surface area contributed by atoms with E-state index in [9.17, 15) is 35.5 Å². The van der Waals surface area contributed by atoms with Crippen LogP contribution in [0.1, 0.15) is 23.2 Å². The molecular formula is C19H16ClF7N6O2. The molecule has 2 aromatic heterocycles. The first-order valence-electron chi connectivity index (χ1n) is 9.64. The summed E-state index contributed by atoms with van der Waals surface area (Å²) in [6.45, 7) is -3.81. The van der Waals surface area contributed by atoms with E-state index in [0.717, 1.165) is 32.3 Å². The van der Waals surface area contributed by atoms with Gasteiger partial charge in [-0.25, -0.2) is 9.67 Å². The number of pyridine rings is 1. The summed E-state index contributed by atoms with van der Waals surface area (Å²) < 4.78 is 96.2. The summed E-state index contributed by atoms with van der Waals surface area (Å²) in [5.41, 5.74) is 3.02. The highest BCUT2D eigenvalue weighted by molar-refractivity contribution is 6.32. The number of aliphatic imine (C=N–C) groups is 1. The zero-order chi connectivity index (χ0) is 26.1. The highest BCUT2D eigenvalue weighted by Crippen LogP contribution is 2.40. The maximum atomic E-state index is 13.8. The number of hydrogen-bond donors (Lipinski definition) is 2. The number of aromatic nitrogens is 3. The van der Waals surface area contributed by atoms with Gasteiger partial charge in [0.2, 0.25) is 0 Å². The second kappa shape index (κ2) is 9.71. The third kappa shape index (κ3) is 5.66. The molecule has 16 heteroatoms. The fraction of sp³-hybridized carbons (Fsp3) is 0.368. The lowest BCUT2D eigenvalue weighted by molar-refractivity contribution is -0.266. The highest BCUT2D eigenvalue weighted by Gasteiger charge is 2.61. The Morgan fingerprint density at radius 2 is 1.91 bits per heavy atom. The Bertz CT molecular complexity index is 1170. The molecule has 0 radical (unpaired) electrons. The van der Waals surface area contributed by atoms with E-state index in [0.29, 0.717) is 4.68 Å². The van der Waals surface area contributed by atoms with Crippen LogP contribution in [-0.4, -0.2) is 58.3 Å². The number of hydrogen-bond acceptors (Lipinski definition) is 6. The molecule has 8 nitrogen and oxygen atoms in total. The van der Waals surface area contributed by atoms with Gasteiger partial charge in [-0.1, -0.05) is 11.6 Å². The third-order valence-electron chi connectivity index (χ3n) is 4.69. The van der Waals surface area contributed by atoms with Crippen molar-refractivity contribution in [2.75, 3.05) is 7.05 Å². The zero-order valence-electron chi connectivity index (χ0n) is 17.6. The number of alkyl halides is 7. The number of ether oxygens (including phenoxy) is 1. The van der Waals surface area contributed by atoms with Crippen LogP contribution in [0.3, 0.4) is 0 Å². The molecular weight excluding hydrogens is 513 g/mol. The average Bonchev–Trinajstić information content (AvgIpc) is 3.45. The molecule has 190 valence electrons. The summed E-state index contributed by atoms with van der Waals surface area (Å²) in [7, 11) is 0.911. The Morgan fingerprint density at radius 1 is 1.26 bits per heavy atom. The average molecular weight is 529 g/mol. The molecule has 1 fully saturated rings. The van der Waals surface area contributed by atoms with Gasteiger partial charge in [0.15, 0.2) is 11.6 Å². The minimum absolute atomic E-state index is 0.0175. The first-order valence-corrected chi connectivity index (χ1v) is 10.0. The molecule has 0 bridgehead atoms. The van der Waals surface area contributed by atoms with Crippen LogP contribution in [0.4, 0.5) is 30.7 Å². The number of carbonyl (C=O) groups is 1. The standard InChI is InChI=1S/C19H16ClF7N6O2/c1-29-15(12(35-17(21)22)13(28)18(23,24)19(25,26)27)33-7-9(6-31-33)8-4-11(14(20)30-5-8)16(34)32-10-2-3-10/h4-7,10,17H,2-3,28H2,1H3,(H,32,34). The Balaban J connectivity index is 2.01. The summed E-state index contributed by atoms with van der Waals surface area (Å²) in [6, 6.07) is 1.36. The van der Waals surface area contributed by atoms with E-state index in [2.05, 4.69) is 25.1 Å². The van der Waals surface area contributed by atoms with Gasteiger partial charge < -0.3 is 15.8 Å². The van der Waals surface area contributed by atoms with Crippen LogP contribution in [-0.2, 0) is 4.74 Å². The molecule has 0 spiro atoms. The van der Waals surface area contributed by atoms with Gasteiger partial charge in [0.25, 0.3) is 5.91 Å². The Morgan fingerprint density at radius 3 is 2.46 bits per heavy atom. The van der Waals surface area contributed by atoms with Gasteiger partial charge in [0.1, 0.15) is 10.9 Å². The SMILES string of the molecule is CN=C(C(OC(F)F)=C(N)C(F)(F)C(F)(F)F)n1cc(-c2cnc(Cl)c(C(=O)NC3CC3)c2)cn1. The van der Waals surface area contributed by atoms with E-state index in [1.807, 2.05) is 0 Å². The molecule has 0 saturated heterocycles. The lowest BCUT2D eigenvalue weighted by Crippen LogP contribution is -2.43. The normalized spacial score (nSPS) is 15.8. The van der Waals surface area contributed by atoms with Crippen LogP contribution in [0.2, 0.25) is 5.15 Å². The van der Waals surface area contributed by atoms with E-state index in [4.69, 9.17) is 17.3 Å². The minimum atomic E-state index is -6.20. The van der Waals surface area contributed by atoms with E-state index in [1.54, 1.807) is 0 Å². The predicted octanol–water partition coefficient (Wildman–Crippen LogP) is 3.97. The number of rotatable bonds is 7. The minimum Gasteiger partial charge on any atom is -0.429 e. The van der Waals surface area contributed by atoms with Crippen LogP contribution >= 0.6 is 11.6 Å². The van der Waals surface area contributed by atoms with Gasteiger partial charge in [-0.05, 0) is 18.9 Å². The van der Waals surface area contributed by atoms with Crippen molar-refractivity contribution in [1.29, 1.82) is 0 Å². The molecule has 1 amide bonds. The van der Waals surface area contributed by atoms with Crippen molar-refractivity contribution in [1.82, 2.24) is 20.1 Å². The number of nitrogens with zero attached hydrogens (tertiary/aromatic N) is 4. The molecule has 0 atom stereocenters. The molecule has 3 N–H and O–H groups in total. The van der Waals surface area contributed by atoms with Crippen LogP contribution in [0.15, 0.2) is 41.1 Å². The second-order valence-electron chi connectivity index (χ2n) is 7.22. The molecule has 2 heterocycles. The van der Waals surface area contributed by atoms with Crippen molar-refractivity contribution in [2.24, 2.45) is 10.7 Å². The smallest absolute Gasteiger partial charge is 0.429 e. The molecule has 1 saturated carbocycles. The molecule has 0 aromatic carbocycles. The van der Waals surface area contributed by atoms with Crippen LogP contribution in [0.25, 0.3) is 11.1 Å². The molecule has 3 rings (SSSR count). The third-order valence-corrected chi connectivity index (χ3v) is 4.99. The van der Waals surface area contributed by atoms with E-state index in [-0.39, 0.29) is 27.9 Å². The number of allylic oxidation sites excluding steroid dienone is 2. The van der Waals surface area contributed by atoms with E-state index in [1.165, 1.54) is 12.3 Å². The fourth-order valence-electron chi connectivity index (χ4n) is 2.77. The fourth-order valence-corrected chi connectivity index (χ4v) is 2.96. The largest absolute Gasteiger partial charge is 0.459 e.